The molecule has 0 spiro atoms. The molecule has 4 rings (SSSR count). The Balaban J connectivity index is 1.47. The molecule has 0 radical (unpaired) electrons. The standard InChI is InChI=1S/C25H33N3O3/c1-17-5-8-19(9-6-17)26-24(29)27-20-11-12-25(13-14-28(2)23(25)16-20)18-7-10-21(30-3)22(15-18)31-4/h5-10,15,20,23H,11-14,16H2,1-4H3,(H2,26,27,29)/t20-,23+,25-/m0/s1. The molecule has 1 heterocycles. The first-order chi connectivity index (χ1) is 14.9. The van der Waals surface area contributed by atoms with Crippen molar-refractivity contribution in [3.8, 4) is 11.5 Å². The third-order valence-corrected chi connectivity index (χ3v) is 7.13. The quantitative estimate of drug-likeness (QED) is 0.752. The first kappa shape index (κ1) is 21.5. The fraction of sp³-hybridized carbons (Fsp3) is 0.480. The Hall–Kier alpha value is -2.73. The molecule has 166 valence electrons. The van der Waals surface area contributed by atoms with Crippen LogP contribution in [0, 0.1) is 6.92 Å². The van der Waals surface area contributed by atoms with E-state index in [1.54, 1.807) is 14.2 Å². The summed E-state index contributed by atoms with van der Waals surface area (Å²) in [5, 5.41) is 6.17. The van der Waals surface area contributed by atoms with Crippen LogP contribution >= 0.6 is 0 Å². The normalized spacial score (nSPS) is 25.5. The van der Waals surface area contributed by atoms with Crippen LogP contribution in [0.2, 0.25) is 0 Å². The zero-order chi connectivity index (χ0) is 22.0. The van der Waals surface area contributed by atoms with Crippen molar-refractivity contribution in [1.82, 2.24) is 10.2 Å². The molecule has 2 N–H and O–H groups in total. The molecule has 0 aromatic heterocycles. The number of likely N-dealkylation sites (N-methyl/N-ethyl adjacent to an activating group) is 1. The number of carbonyl (C=O) groups excluding carboxylic acids is 1. The van der Waals surface area contributed by atoms with Crippen LogP contribution in [0.4, 0.5) is 10.5 Å². The number of amides is 2. The monoisotopic (exact) mass is 423 g/mol. The van der Waals surface area contributed by atoms with Crippen molar-refractivity contribution in [2.45, 2.75) is 50.1 Å². The van der Waals surface area contributed by atoms with Gasteiger partial charge in [-0.1, -0.05) is 23.8 Å². The summed E-state index contributed by atoms with van der Waals surface area (Å²) in [6.07, 6.45) is 4.05. The fourth-order valence-electron chi connectivity index (χ4n) is 5.38. The highest BCUT2D eigenvalue weighted by atomic mass is 16.5. The van der Waals surface area contributed by atoms with Gasteiger partial charge in [-0.15, -0.1) is 0 Å². The fourth-order valence-corrected chi connectivity index (χ4v) is 5.38. The van der Waals surface area contributed by atoms with Crippen molar-refractivity contribution < 1.29 is 14.3 Å². The number of methoxy groups -OCH3 is 2. The average Bonchev–Trinajstić information content (AvgIpc) is 3.12. The number of aryl methyl sites for hydroxylation is 1. The highest BCUT2D eigenvalue weighted by Crippen LogP contribution is 2.49. The number of likely N-dealkylation sites (tertiary alicyclic amines) is 1. The minimum absolute atomic E-state index is 0.0832. The van der Waals surface area contributed by atoms with E-state index >= 15 is 0 Å². The third kappa shape index (κ3) is 4.22. The number of hydrogen-bond donors (Lipinski definition) is 2. The molecule has 6 heteroatoms. The topological polar surface area (TPSA) is 62.8 Å². The largest absolute Gasteiger partial charge is 0.493 e. The molecule has 31 heavy (non-hydrogen) atoms. The van der Waals surface area contributed by atoms with Crippen molar-refractivity contribution >= 4 is 11.7 Å². The minimum Gasteiger partial charge on any atom is -0.493 e. The van der Waals surface area contributed by atoms with E-state index in [4.69, 9.17) is 9.47 Å². The van der Waals surface area contributed by atoms with Gasteiger partial charge in [0, 0.05) is 23.2 Å². The molecular weight excluding hydrogens is 390 g/mol. The van der Waals surface area contributed by atoms with Crippen LogP contribution in [0.25, 0.3) is 0 Å². The number of fused-ring (bicyclic) bond motifs is 1. The van der Waals surface area contributed by atoms with Gasteiger partial charge in [0.1, 0.15) is 0 Å². The lowest BCUT2D eigenvalue weighted by molar-refractivity contribution is 0.156. The molecule has 2 aliphatic rings. The Morgan fingerprint density at radius 2 is 1.81 bits per heavy atom. The molecule has 2 amide bonds. The van der Waals surface area contributed by atoms with Gasteiger partial charge in [-0.05, 0) is 76.0 Å². The van der Waals surface area contributed by atoms with Crippen LogP contribution in [0.15, 0.2) is 42.5 Å². The van der Waals surface area contributed by atoms with E-state index in [1.807, 2.05) is 37.3 Å². The van der Waals surface area contributed by atoms with E-state index in [0.717, 1.165) is 49.4 Å². The summed E-state index contributed by atoms with van der Waals surface area (Å²) in [4.78, 5) is 15.0. The van der Waals surface area contributed by atoms with E-state index in [2.05, 4.69) is 34.7 Å². The second-order valence-electron chi connectivity index (χ2n) is 8.91. The maximum Gasteiger partial charge on any atom is 0.319 e. The zero-order valence-corrected chi connectivity index (χ0v) is 18.9. The molecule has 2 aromatic rings. The predicted molar refractivity (Wildman–Crippen MR) is 123 cm³/mol. The van der Waals surface area contributed by atoms with Crippen LogP contribution in [-0.4, -0.2) is 50.8 Å². The molecule has 2 aromatic carbocycles. The first-order valence-electron chi connectivity index (χ1n) is 11.0. The molecule has 0 unspecified atom stereocenters. The molecule has 1 aliphatic heterocycles. The predicted octanol–water partition coefficient (Wildman–Crippen LogP) is 4.33. The van der Waals surface area contributed by atoms with Crippen LogP contribution in [0.5, 0.6) is 11.5 Å². The Bertz CT molecular complexity index is 930. The van der Waals surface area contributed by atoms with Gasteiger partial charge >= 0.3 is 6.03 Å². The van der Waals surface area contributed by atoms with Crippen molar-refractivity contribution in [1.29, 1.82) is 0 Å². The SMILES string of the molecule is COc1ccc([C@@]23CC[C@H](NC(=O)Nc4ccc(C)cc4)C[C@H]2N(C)CC3)cc1OC. The molecule has 6 nitrogen and oxygen atoms in total. The number of urea groups is 1. The molecule has 3 atom stereocenters. The second-order valence-corrected chi connectivity index (χ2v) is 8.91. The molecule has 2 fully saturated rings. The lowest BCUT2D eigenvalue weighted by Crippen LogP contribution is -2.52. The van der Waals surface area contributed by atoms with Gasteiger partial charge in [0.2, 0.25) is 0 Å². The van der Waals surface area contributed by atoms with Gasteiger partial charge in [-0.3, -0.25) is 0 Å². The van der Waals surface area contributed by atoms with Gasteiger partial charge in [0.25, 0.3) is 0 Å². The summed E-state index contributed by atoms with van der Waals surface area (Å²) in [5.41, 5.74) is 3.38. The number of ether oxygens (including phenoxy) is 2. The van der Waals surface area contributed by atoms with Crippen molar-refractivity contribution in [2.24, 2.45) is 0 Å². The van der Waals surface area contributed by atoms with E-state index in [1.165, 1.54) is 11.1 Å². The van der Waals surface area contributed by atoms with Gasteiger partial charge in [0.15, 0.2) is 11.5 Å². The zero-order valence-electron chi connectivity index (χ0n) is 18.9. The van der Waals surface area contributed by atoms with Crippen molar-refractivity contribution in [3.63, 3.8) is 0 Å². The van der Waals surface area contributed by atoms with E-state index in [0.29, 0.717) is 6.04 Å². The number of anilines is 1. The number of rotatable bonds is 5. The van der Waals surface area contributed by atoms with Crippen LogP contribution in [0.1, 0.15) is 36.8 Å². The molecule has 1 saturated heterocycles. The second kappa shape index (κ2) is 8.79. The third-order valence-electron chi connectivity index (χ3n) is 7.13. The van der Waals surface area contributed by atoms with Crippen molar-refractivity contribution in [3.05, 3.63) is 53.6 Å². The highest BCUT2D eigenvalue weighted by Gasteiger charge is 2.50. The first-order valence-corrected chi connectivity index (χ1v) is 11.0. The summed E-state index contributed by atoms with van der Waals surface area (Å²) >= 11 is 0. The van der Waals surface area contributed by atoms with Crippen molar-refractivity contribution in [2.75, 3.05) is 33.1 Å². The maximum atomic E-state index is 12.6. The number of hydrogen-bond acceptors (Lipinski definition) is 4. The van der Waals surface area contributed by atoms with Gasteiger partial charge in [-0.2, -0.15) is 0 Å². The van der Waals surface area contributed by atoms with Crippen LogP contribution in [0.3, 0.4) is 0 Å². The minimum atomic E-state index is -0.131. The molecule has 1 aliphatic carbocycles. The molecule has 1 saturated carbocycles. The Kier molecular flexibility index (Phi) is 6.10. The van der Waals surface area contributed by atoms with Gasteiger partial charge in [-0.25, -0.2) is 4.79 Å². The summed E-state index contributed by atoms with van der Waals surface area (Å²) < 4.78 is 11.0. The number of nitrogens with one attached hydrogen (secondary N) is 2. The Labute approximate surface area is 184 Å². The Morgan fingerprint density at radius 3 is 2.52 bits per heavy atom. The molecular formula is C25H33N3O3. The lowest BCUT2D eigenvalue weighted by Gasteiger charge is -2.45. The molecule has 0 bridgehead atoms. The average molecular weight is 424 g/mol. The summed E-state index contributed by atoms with van der Waals surface area (Å²) in [6, 6.07) is 14.6. The summed E-state index contributed by atoms with van der Waals surface area (Å²) in [7, 11) is 5.55. The number of nitrogens with zero attached hydrogens (tertiary/aromatic N) is 1. The number of carbonyl (C=O) groups is 1. The highest BCUT2D eigenvalue weighted by molar-refractivity contribution is 5.89. The summed E-state index contributed by atoms with van der Waals surface area (Å²) in [5.74, 6) is 1.54. The van der Waals surface area contributed by atoms with Gasteiger partial charge < -0.3 is 25.0 Å². The van der Waals surface area contributed by atoms with Crippen LogP contribution in [-0.2, 0) is 5.41 Å². The van der Waals surface area contributed by atoms with Gasteiger partial charge in [0.05, 0.1) is 14.2 Å². The van der Waals surface area contributed by atoms with Crippen LogP contribution < -0.4 is 20.1 Å². The Morgan fingerprint density at radius 1 is 1.06 bits per heavy atom. The maximum absolute atomic E-state index is 12.6. The lowest BCUT2D eigenvalue weighted by atomic mass is 9.65. The number of benzene rings is 2. The summed E-state index contributed by atoms with van der Waals surface area (Å²) in [6.45, 7) is 3.09. The van der Waals surface area contributed by atoms with E-state index in [-0.39, 0.29) is 17.5 Å². The van der Waals surface area contributed by atoms with E-state index < -0.39 is 0 Å². The van der Waals surface area contributed by atoms with E-state index in [9.17, 15) is 4.79 Å². The smallest absolute Gasteiger partial charge is 0.319 e.